The van der Waals surface area contributed by atoms with Crippen molar-refractivity contribution in [3.63, 3.8) is 0 Å². The highest BCUT2D eigenvalue weighted by Crippen LogP contribution is 2.40. The fraction of sp³-hybridized carbons (Fsp3) is 0.333. The number of hydrogen-bond acceptors (Lipinski definition) is 4. The number of esters is 1. The second-order valence-electron chi connectivity index (χ2n) is 10.2. The van der Waals surface area contributed by atoms with Crippen molar-refractivity contribution in [2.45, 2.75) is 59.8 Å². The van der Waals surface area contributed by atoms with Crippen LogP contribution in [0.25, 0.3) is 22.2 Å². The van der Waals surface area contributed by atoms with Gasteiger partial charge in [0, 0.05) is 34.9 Å². The van der Waals surface area contributed by atoms with Crippen LogP contribution in [-0.2, 0) is 20.8 Å². The number of methoxy groups -OCH3 is 1. The Bertz CT molecular complexity index is 1420. The molecular weight excluding hydrogens is 455 g/mol. The Morgan fingerprint density at radius 3 is 2.36 bits per heavy atom. The Hall–Kier alpha value is -3.51. The van der Waals surface area contributed by atoms with E-state index < -0.39 is 17.7 Å². The number of carbonyl (C=O) groups excluding carboxylic acids is 1. The Kier molecular flexibility index (Phi) is 7.01. The third-order valence-electron chi connectivity index (χ3n) is 6.20. The molecule has 0 radical (unpaired) electrons. The lowest BCUT2D eigenvalue weighted by Crippen LogP contribution is -2.29. The Balaban J connectivity index is 1.96. The number of nitrogens with zero attached hydrogens (tertiary/aromatic N) is 2. The van der Waals surface area contributed by atoms with Crippen LogP contribution < -0.4 is 0 Å². The molecule has 4 aromatic rings. The molecule has 2 heterocycles. The van der Waals surface area contributed by atoms with Crippen molar-refractivity contribution in [1.29, 1.82) is 0 Å². The van der Waals surface area contributed by atoms with Gasteiger partial charge in [0.1, 0.15) is 11.5 Å². The molecule has 2 aromatic heterocycles. The van der Waals surface area contributed by atoms with Crippen molar-refractivity contribution in [2.75, 3.05) is 7.11 Å². The average molecular weight is 489 g/mol. The summed E-state index contributed by atoms with van der Waals surface area (Å²) in [7, 11) is 1.37. The third kappa shape index (κ3) is 5.19. The number of rotatable bonds is 6. The molecule has 0 fully saturated rings. The maximum absolute atomic E-state index is 13.8. The number of ether oxygens (including phenoxy) is 2. The topological polar surface area (TPSA) is 53.4 Å². The van der Waals surface area contributed by atoms with Gasteiger partial charge in [0.2, 0.25) is 0 Å². The summed E-state index contributed by atoms with van der Waals surface area (Å²) in [6, 6.07) is 15.4. The molecule has 188 valence electrons. The molecule has 1 atom stereocenters. The van der Waals surface area contributed by atoms with Gasteiger partial charge in [-0.25, -0.2) is 14.2 Å². The van der Waals surface area contributed by atoms with E-state index in [-0.39, 0.29) is 5.82 Å². The SMILES string of the molecule is COC(=O)C(OC(C)(C)C)c1c(C)nc2c(ccn2Cc2ccc(F)c(C)c2)c1-c1ccc(C)cc1. The van der Waals surface area contributed by atoms with Crippen molar-refractivity contribution >= 4 is 17.0 Å². The molecule has 0 aliphatic rings. The van der Waals surface area contributed by atoms with Crippen molar-refractivity contribution < 1.29 is 18.7 Å². The Labute approximate surface area is 211 Å². The van der Waals surface area contributed by atoms with Crippen LogP contribution in [0.5, 0.6) is 0 Å². The van der Waals surface area contributed by atoms with Crippen molar-refractivity contribution in [2.24, 2.45) is 0 Å². The lowest BCUT2D eigenvalue weighted by molar-refractivity contribution is -0.164. The highest BCUT2D eigenvalue weighted by Gasteiger charge is 2.33. The largest absolute Gasteiger partial charge is 0.467 e. The number of pyridine rings is 1. The fourth-order valence-corrected chi connectivity index (χ4v) is 4.50. The van der Waals surface area contributed by atoms with Crippen LogP contribution in [0.2, 0.25) is 0 Å². The number of benzene rings is 2. The van der Waals surface area contributed by atoms with Gasteiger partial charge in [-0.3, -0.25) is 0 Å². The summed E-state index contributed by atoms with van der Waals surface area (Å²) in [5.74, 6) is -0.687. The van der Waals surface area contributed by atoms with Crippen LogP contribution in [0.3, 0.4) is 0 Å². The number of halogens is 1. The van der Waals surface area contributed by atoms with Gasteiger partial charge in [0.15, 0.2) is 6.10 Å². The molecule has 0 bridgehead atoms. The van der Waals surface area contributed by atoms with Gasteiger partial charge in [0.05, 0.1) is 12.7 Å². The summed E-state index contributed by atoms with van der Waals surface area (Å²) in [6.45, 7) is 12.0. The second kappa shape index (κ2) is 9.86. The van der Waals surface area contributed by atoms with Gasteiger partial charge in [-0.05, 0) is 70.4 Å². The summed E-state index contributed by atoms with van der Waals surface area (Å²) in [5.41, 5.74) is 6.18. The molecule has 5 nitrogen and oxygen atoms in total. The highest BCUT2D eigenvalue weighted by molar-refractivity contribution is 5.98. The minimum atomic E-state index is -0.939. The number of aromatic nitrogens is 2. The van der Waals surface area contributed by atoms with Gasteiger partial charge in [-0.2, -0.15) is 0 Å². The summed E-state index contributed by atoms with van der Waals surface area (Å²) >= 11 is 0. The van der Waals surface area contributed by atoms with E-state index in [0.29, 0.717) is 23.4 Å². The van der Waals surface area contributed by atoms with Crippen LogP contribution in [0, 0.1) is 26.6 Å². The molecule has 0 N–H and O–H groups in total. The van der Waals surface area contributed by atoms with Crippen molar-refractivity contribution in [3.05, 3.63) is 88.5 Å². The summed E-state index contributed by atoms with van der Waals surface area (Å²) < 4.78 is 27.3. The van der Waals surface area contributed by atoms with Crippen LogP contribution >= 0.6 is 0 Å². The van der Waals surface area contributed by atoms with Crippen LogP contribution in [0.15, 0.2) is 54.7 Å². The summed E-state index contributed by atoms with van der Waals surface area (Å²) in [5, 5.41) is 0.907. The third-order valence-corrected chi connectivity index (χ3v) is 6.20. The second-order valence-corrected chi connectivity index (χ2v) is 10.2. The van der Waals surface area contributed by atoms with Gasteiger partial charge < -0.3 is 14.0 Å². The Morgan fingerprint density at radius 2 is 1.75 bits per heavy atom. The monoisotopic (exact) mass is 488 g/mol. The van der Waals surface area contributed by atoms with E-state index in [2.05, 4.69) is 24.3 Å². The smallest absolute Gasteiger partial charge is 0.339 e. The van der Waals surface area contributed by atoms with Gasteiger partial charge in [-0.1, -0.05) is 42.0 Å². The lowest BCUT2D eigenvalue weighted by atomic mass is 9.92. The van der Waals surface area contributed by atoms with Gasteiger partial charge in [-0.15, -0.1) is 0 Å². The zero-order valence-corrected chi connectivity index (χ0v) is 22.0. The van der Waals surface area contributed by atoms with E-state index in [0.717, 1.165) is 33.3 Å². The molecule has 6 heteroatoms. The van der Waals surface area contributed by atoms with Gasteiger partial charge >= 0.3 is 5.97 Å². The van der Waals surface area contributed by atoms with Crippen molar-refractivity contribution in [1.82, 2.24) is 9.55 Å². The summed E-state index contributed by atoms with van der Waals surface area (Å²) in [6.07, 6.45) is 1.04. The number of fused-ring (bicyclic) bond motifs is 1. The van der Waals surface area contributed by atoms with Crippen molar-refractivity contribution in [3.8, 4) is 11.1 Å². The van der Waals surface area contributed by atoms with E-state index >= 15 is 0 Å². The molecule has 0 aliphatic carbocycles. The van der Waals surface area contributed by atoms with E-state index in [9.17, 15) is 9.18 Å². The van der Waals surface area contributed by atoms with E-state index in [4.69, 9.17) is 14.5 Å². The number of carbonyl (C=O) groups is 1. The first kappa shape index (κ1) is 25.6. The zero-order chi connectivity index (χ0) is 26.2. The molecule has 0 aliphatic heterocycles. The Morgan fingerprint density at radius 1 is 1.06 bits per heavy atom. The van der Waals surface area contributed by atoms with Crippen LogP contribution in [0.4, 0.5) is 4.39 Å². The van der Waals surface area contributed by atoms with Crippen LogP contribution in [-0.4, -0.2) is 28.2 Å². The fourth-order valence-electron chi connectivity index (χ4n) is 4.50. The van der Waals surface area contributed by atoms with Gasteiger partial charge in [0.25, 0.3) is 0 Å². The molecule has 0 saturated carbocycles. The molecule has 1 unspecified atom stereocenters. The molecule has 4 rings (SSSR count). The summed E-state index contributed by atoms with van der Waals surface area (Å²) in [4.78, 5) is 18.0. The molecule has 2 aromatic carbocycles. The predicted molar refractivity (Wildman–Crippen MR) is 140 cm³/mol. The normalized spacial score (nSPS) is 12.7. The molecule has 0 saturated heterocycles. The molecule has 36 heavy (non-hydrogen) atoms. The maximum Gasteiger partial charge on any atom is 0.339 e. The number of hydrogen-bond donors (Lipinski definition) is 0. The quantitative estimate of drug-likeness (QED) is 0.279. The van der Waals surface area contributed by atoms with E-state index in [1.807, 2.05) is 57.5 Å². The zero-order valence-electron chi connectivity index (χ0n) is 22.0. The lowest BCUT2D eigenvalue weighted by Gasteiger charge is -2.28. The average Bonchev–Trinajstić information content (AvgIpc) is 3.20. The maximum atomic E-state index is 13.8. The molecule has 0 amide bonds. The predicted octanol–water partition coefficient (Wildman–Crippen LogP) is 6.85. The molecular formula is C30H33FN2O3. The molecule has 0 spiro atoms. The highest BCUT2D eigenvalue weighted by atomic mass is 19.1. The number of aryl methyl sites for hydroxylation is 3. The standard InChI is InChI=1S/C30H33FN2O3/c1-18-8-11-22(12-9-18)26-23-14-15-33(17-21-10-13-24(31)19(2)16-21)28(23)32-20(3)25(26)27(29(34)35-7)36-30(4,5)6/h8-16,27H,17H2,1-7H3. The first-order valence-corrected chi connectivity index (χ1v) is 12.1. The minimum Gasteiger partial charge on any atom is -0.467 e. The van der Waals surface area contributed by atoms with Crippen LogP contribution in [0.1, 0.15) is 54.8 Å². The van der Waals surface area contributed by atoms with E-state index in [1.54, 1.807) is 13.0 Å². The minimum absolute atomic E-state index is 0.218. The van der Waals surface area contributed by atoms with E-state index in [1.165, 1.54) is 13.2 Å². The first-order chi connectivity index (χ1) is 17.0. The first-order valence-electron chi connectivity index (χ1n) is 12.1.